The molecule has 0 bridgehead atoms. The van der Waals surface area contributed by atoms with Gasteiger partial charge in [0.05, 0.1) is 0 Å². The van der Waals surface area contributed by atoms with E-state index in [1.54, 1.807) is 0 Å². The molecule has 0 aliphatic heterocycles. The standard InChI is InChI=1S/C15H23F3N2O/c1-10-6-11(2)14(12(3)7-10)8-13(20-19)4-5-21-9-15(16,17)18/h6-7,13,20H,4-5,8-9,19H2,1-3H3. The molecule has 0 amide bonds. The summed E-state index contributed by atoms with van der Waals surface area (Å²) in [6.07, 6.45) is -3.18. The van der Waals surface area contributed by atoms with Crippen molar-refractivity contribution < 1.29 is 17.9 Å². The Bertz CT molecular complexity index is 438. The van der Waals surface area contributed by atoms with E-state index in [1.807, 2.05) is 20.8 Å². The van der Waals surface area contributed by atoms with Crippen molar-refractivity contribution in [3.05, 3.63) is 34.4 Å². The maximum absolute atomic E-state index is 12.0. The van der Waals surface area contributed by atoms with Gasteiger partial charge in [-0.05, 0) is 50.3 Å². The van der Waals surface area contributed by atoms with Crippen LogP contribution in [0, 0.1) is 20.8 Å². The van der Waals surface area contributed by atoms with Gasteiger partial charge in [0.1, 0.15) is 6.61 Å². The molecule has 0 radical (unpaired) electrons. The van der Waals surface area contributed by atoms with Crippen molar-refractivity contribution in [1.29, 1.82) is 0 Å². The average Bonchev–Trinajstić information content (AvgIpc) is 2.34. The van der Waals surface area contributed by atoms with E-state index in [9.17, 15) is 13.2 Å². The molecular formula is C15H23F3N2O. The summed E-state index contributed by atoms with van der Waals surface area (Å²) in [4.78, 5) is 0. The van der Waals surface area contributed by atoms with Crippen molar-refractivity contribution in [3.8, 4) is 0 Å². The summed E-state index contributed by atoms with van der Waals surface area (Å²) in [6.45, 7) is 4.91. The highest BCUT2D eigenvalue weighted by Gasteiger charge is 2.27. The molecule has 6 heteroatoms. The van der Waals surface area contributed by atoms with Gasteiger partial charge in [-0.1, -0.05) is 17.7 Å². The van der Waals surface area contributed by atoms with Crippen LogP contribution >= 0.6 is 0 Å². The van der Waals surface area contributed by atoms with Crippen molar-refractivity contribution in [2.75, 3.05) is 13.2 Å². The van der Waals surface area contributed by atoms with E-state index in [1.165, 1.54) is 22.3 Å². The van der Waals surface area contributed by atoms with Crippen molar-refractivity contribution in [2.24, 2.45) is 5.84 Å². The van der Waals surface area contributed by atoms with Crippen LogP contribution in [0.5, 0.6) is 0 Å². The third-order valence-electron chi connectivity index (χ3n) is 3.40. The minimum Gasteiger partial charge on any atom is -0.372 e. The molecule has 1 rings (SSSR count). The molecule has 0 saturated heterocycles. The first-order valence-electron chi connectivity index (χ1n) is 6.90. The predicted molar refractivity (Wildman–Crippen MR) is 77.0 cm³/mol. The van der Waals surface area contributed by atoms with Gasteiger partial charge in [-0.15, -0.1) is 0 Å². The first kappa shape index (κ1) is 17.9. The predicted octanol–water partition coefficient (Wildman–Crippen LogP) is 2.96. The Morgan fingerprint density at radius 3 is 2.24 bits per heavy atom. The van der Waals surface area contributed by atoms with Crippen LogP contribution in [0.3, 0.4) is 0 Å². The number of nitrogens with one attached hydrogen (secondary N) is 1. The van der Waals surface area contributed by atoms with E-state index < -0.39 is 12.8 Å². The second-order valence-electron chi connectivity index (χ2n) is 5.40. The zero-order valence-corrected chi connectivity index (χ0v) is 12.7. The number of benzene rings is 1. The molecule has 1 atom stereocenters. The highest BCUT2D eigenvalue weighted by molar-refractivity contribution is 5.38. The monoisotopic (exact) mass is 304 g/mol. The number of nitrogens with two attached hydrogens (primary N) is 1. The van der Waals surface area contributed by atoms with Gasteiger partial charge < -0.3 is 4.74 Å². The highest BCUT2D eigenvalue weighted by atomic mass is 19.4. The number of alkyl halides is 3. The molecule has 1 aromatic carbocycles. The Morgan fingerprint density at radius 1 is 1.19 bits per heavy atom. The fraction of sp³-hybridized carbons (Fsp3) is 0.600. The fourth-order valence-corrected chi connectivity index (χ4v) is 2.44. The molecular weight excluding hydrogens is 281 g/mol. The van der Waals surface area contributed by atoms with Crippen molar-refractivity contribution in [3.63, 3.8) is 0 Å². The normalized spacial score (nSPS) is 13.5. The first-order valence-corrected chi connectivity index (χ1v) is 6.90. The molecule has 0 aromatic heterocycles. The third-order valence-corrected chi connectivity index (χ3v) is 3.40. The summed E-state index contributed by atoms with van der Waals surface area (Å²) in [5.41, 5.74) is 7.37. The second-order valence-corrected chi connectivity index (χ2v) is 5.40. The molecule has 0 aliphatic rings. The van der Waals surface area contributed by atoms with Crippen LogP contribution in [0.2, 0.25) is 0 Å². The van der Waals surface area contributed by atoms with E-state index >= 15 is 0 Å². The van der Waals surface area contributed by atoms with Gasteiger partial charge in [0, 0.05) is 12.6 Å². The highest BCUT2D eigenvalue weighted by Crippen LogP contribution is 2.19. The maximum Gasteiger partial charge on any atom is 0.411 e. The van der Waals surface area contributed by atoms with Gasteiger partial charge in [-0.25, -0.2) is 0 Å². The van der Waals surface area contributed by atoms with Gasteiger partial charge >= 0.3 is 6.18 Å². The Morgan fingerprint density at radius 2 is 1.76 bits per heavy atom. The maximum atomic E-state index is 12.0. The Labute approximate surface area is 123 Å². The van der Waals surface area contributed by atoms with E-state index in [4.69, 9.17) is 5.84 Å². The lowest BCUT2D eigenvalue weighted by molar-refractivity contribution is -0.174. The average molecular weight is 304 g/mol. The number of aryl methyl sites for hydroxylation is 3. The van der Waals surface area contributed by atoms with Crippen LogP contribution in [0.1, 0.15) is 28.7 Å². The number of ether oxygens (including phenoxy) is 1. The minimum absolute atomic E-state index is 0.0261. The quantitative estimate of drug-likeness (QED) is 0.462. The molecule has 0 heterocycles. The molecule has 1 unspecified atom stereocenters. The van der Waals surface area contributed by atoms with Crippen LogP contribution in [0.4, 0.5) is 13.2 Å². The zero-order valence-electron chi connectivity index (χ0n) is 12.7. The SMILES string of the molecule is Cc1cc(C)c(CC(CCOCC(F)(F)F)NN)c(C)c1. The van der Waals surface area contributed by atoms with E-state index in [2.05, 4.69) is 22.3 Å². The molecule has 0 fully saturated rings. The second kappa shape index (κ2) is 7.77. The summed E-state index contributed by atoms with van der Waals surface area (Å²) < 4.78 is 40.6. The topological polar surface area (TPSA) is 47.3 Å². The third kappa shape index (κ3) is 6.46. The van der Waals surface area contributed by atoms with Gasteiger partial charge in [-0.3, -0.25) is 11.3 Å². The molecule has 21 heavy (non-hydrogen) atoms. The number of rotatable bonds is 7. The van der Waals surface area contributed by atoms with Gasteiger partial charge in [0.25, 0.3) is 0 Å². The van der Waals surface area contributed by atoms with Gasteiger partial charge in [-0.2, -0.15) is 13.2 Å². The number of hydrogen-bond acceptors (Lipinski definition) is 3. The molecule has 0 saturated carbocycles. The van der Waals surface area contributed by atoms with E-state index in [0.29, 0.717) is 12.8 Å². The largest absolute Gasteiger partial charge is 0.411 e. The van der Waals surface area contributed by atoms with Crippen LogP contribution in [0.15, 0.2) is 12.1 Å². The summed E-state index contributed by atoms with van der Waals surface area (Å²) in [5, 5.41) is 0. The zero-order chi connectivity index (χ0) is 16.0. The molecule has 0 aliphatic carbocycles. The van der Waals surface area contributed by atoms with E-state index in [0.717, 1.165) is 0 Å². The number of hydrogen-bond donors (Lipinski definition) is 2. The van der Waals surface area contributed by atoms with Gasteiger partial charge in [0.15, 0.2) is 0 Å². The Balaban J connectivity index is 2.55. The molecule has 3 N–H and O–H groups in total. The summed E-state index contributed by atoms with van der Waals surface area (Å²) in [7, 11) is 0. The summed E-state index contributed by atoms with van der Waals surface area (Å²) >= 11 is 0. The molecule has 3 nitrogen and oxygen atoms in total. The number of halogens is 3. The van der Waals surface area contributed by atoms with Crippen LogP contribution in [0.25, 0.3) is 0 Å². The molecule has 1 aromatic rings. The lowest BCUT2D eigenvalue weighted by atomic mass is 9.94. The Hall–Kier alpha value is -1.11. The van der Waals surface area contributed by atoms with Gasteiger partial charge in [0.2, 0.25) is 0 Å². The van der Waals surface area contributed by atoms with Crippen LogP contribution in [-0.4, -0.2) is 25.4 Å². The molecule has 0 spiro atoms. The summed E-state index contributed by atoms with van der Waals surface area (Å²) in [5.74, 6) is 5.49. The lowest BCUT2D eigenvalue weighted by Gasteiger charge is -2.19. The number of hydrazine groups is 1. The lowest BCUT2D eigenvalue weighted by Crippen LogP contribution is -2.38. The Kier molecular flexibility index (Phi) is 6.64. The minimum atomic E-state index is -4.28. The van der Waals surface area contributed by atoms with Crippen molar-refractivity contribution >= 4 is 0 Å². The molecule has 120 valence electrons. The van der Waals surface area contributed by atoms with Crippen molar-refractivity contribution in [2.45, 2.75) is 45.8 Å². The van der Waals surface area contributed by atoms with Crippen LogP contribution < -0.4 is 11.3 Å². The summed E-state index contributed by atoms with van der Waals surface area (Å²) in [6, 6.07) is 4.07. The smallest absolute Gasteiger partial charge is 0.372 e. The van der Waals surface area contributed by atoms with Crippen molar-refractivity contribution in [1.82, 2.24) is 5.43 Å². The van der Waals surface area contributed by atoms with Crippen LogP contribution in [-0.2, 0) is 11.2 Å². The fourth-order valence-electron chi connectivity index (χ4n) is 2.44. The van der Waals surface area contributed by atoms with E-state index in [-0.39, 0.29) is 12.6 Å². The first-order chi connectivity index (χ1) is 9.73.